The number of nitrogens with two attached hydrogens (primary N) is 1. The van der Waals surface area contributed by atoms with Crippen LogP contribution in [0.25, 0.3) is 0 Å². The maximum Gasteiger partial charge on any atom is 0.0598 e. The third-order valence-electron chi connectivity index (χ3n) is 2.44. The van der Waals surface area contributed by atoms with Crippen LogP contribution >= 0.6 is 0 Å². The molecule has 3 heteroatoms. The lowest BCUT2D eigenvalue weighted by atomic mass is 9.98. The van der Waals surface area contributed by atoms with E-state index in [4.69, 9.17) is 10.5 Å². The van der Waals surface area contributed by atoms with Gasteiger partial charge in [0.15, 0.2) is 0 Å². The molecular weight excluding hydrogens is 188 g/mol. The summed E-state index contributed by atoms with van der Waals surface area (Å²) in [6.07, 6.45) is 3.42. The van der Waals surface area contributed by atoms with Gasteiger partial charge < -0.3 is 15.8 Å². The van der Waals surface area contributed by atoms with E-state index in [1.807, 2.05) is 7.05 Å². The average Bonchev–Trinajstić information content (AvgIpc) is 2.12. The first kappa shape index (κ1) is 14.9. The molecule has 3 N–H and O–H groups in total. The smallest absolute Gasteiger partial charge is 0.0598 e. The number of ether oxygens (including phenoxy) is 1. The molecule has 0 aromatic carbocycles. The maximum atomic E-state index is 5.72. The van der Waals surface area contributed by atoms with Crippen LogP contribution in [-0.4, -0.2) is 32.3 Å². The fourth-order valence-electron chi connectivity index (χ4n) is 1.55. The fourth-order valence-corrected chi connectivity index (χ4v) is 1.55. The van der Waals surface area contributed by atoms with Gasteiger partial charge in [-0.05, 0) is 66.1 Å². The van der Waals surface area contributed by atoms with Crippen LogP contribution in [0.2, 0.25) is 0 Å². The van der Waals surface area contributed by atoms with Crippen molar-refractivity contribution in [3.63, 3.8) is 0 Å². The van der Waals surface area contributed by atoms with Gasteiger partial charge in [0.1, 0.15) is 0 Å². The molecule has 15 heavy (non-hydrogen) atoms. The molecule has 3 nitrogen and oxygen atoms in total. The van der Waals surface area contributed by atoms with E-state index in [0.29, 0.717) is 5.92 Å². The van der Waals surface area contributed by atoms with Gasteiger partial charge in [0.2, 0.25) is 0 Å². The third kappa shape index (κ3) is 10.2. The minimum atomic E-state index is -0.0176. The van der Waals surface area contributed by atoms with Crippen LogP contribution in [0, 0.1) is 5.92 Å². The standard InChI is InChI=1S/C12H28N2O/c1-12(2,3)15-10-7-11(5-8-13)6-9-14-4/h11,14H,5-10,13H2,1-4H3. The molecule has 0 aromatic heterocycles. The Balaban J connectivity index is 3.65. The average molecular weight is 216 g/mol. The number of nitrogens with one attached hydrogen (secondary N) is 1. The Morgan fingerprint density at radius 3 is 2.33 bits per heavy atom. The SMILES string of the molecule is CNCCC(CCN)CCOC(C)(C)C. The first-order valence-corrected chi connectivity index (χ1v) is 5.98. The van der Waals surface area contributed by atoms with Gasteiger partial charge in [-0.2, -0.15) is 0 Å². The van der Waals surface area contributed by atoms with E-state index in [1.54, 1.807) is 0 Å². The summed E-state index contributed by atoms with van der Waals surface area (Å²) in [7, 11) is 1.99. The van der Waals surface area contributed by atoms with Crippen molar-refractivity contribution in [3.8, 4) is 0 Å². The Hall–Kier alpha value is -0.120. The van der Waals surface area contributed by atoms with Crippen LogP contribution in [-0.2, 0) is 4.74 Å². The second-order valence-corrected chi connectivity index (χ2v) is 5.09. The molecule has 0 aliphatic rings. The summed E-state index contributed by atoms with van der Waals surface area (Å²) in [4.78, 5) is 0. The highest BCUT2D eigenvalue weighted by Crippen LogP contribution is 2.15. The first-order chi connectivity index (χ1) is 6.99. The van der Waals surface area contributed by atoms with Gasteiger partial charge in [0.05, 0.1) is 5.60 Å². The van der Waals surface area contributed by atoms with Crippen molar-refractivity contribution >= 4 is 0 Å². The minimum absolute atomic E-state index is 0.0176. The van der Waals surface area contributed by atoms with Crippen LogP contribution in [0.1, 0.15) is 40.0 Å². The lowest BCUT2D eigenvalue weighted by Gasteiger charge is -2.22. The number of hydrogen-bond acceptors (Lipinski definition) is 3. The molecule has 0 aliphatic heterocycles. The van der Waals surface area contributed by atoms with Gasteiger partial charge in [-0.1, -0.05) is 0 Å². The van der Waals surface area contributed by atoms with E-state index >= 15 is 0 Å². The summed E-state index contributed by atoms with van der Waals surface area (Å²) >= 11 is 0. The van der Waals surface area contributed by atoms with Gasteiger partial charge >= 0.3 is 0 Å². The molecule has 92 valence electrons. The lowest BCUT2D eigenvalue weighted by Crippen LogP contribution is -2.22. The van der Waals surface area contributed by atoms with Gasteiger partial charge in [0.25, 0.3) is 0 Å². The van der Waals surface area contributed by atoms with Gasteiger partial charge in [-0.15, -0.1) is 0 Å². The number of hydrogen-bond donors (Lipinski definition) is 2. The Labute approximate surface area is 94.8 Å². The summed E-state index contributed by atoms with van der Waals surface area (Å²) in [5.41, 5.74) is 5.58. The molecule has 0 rings (SSSR count). The molecule has 0 saturated heterocycles. The Bertz CT molecular complexity index is 143. The van der Waals surface area contributed by atoms with E-state index in [2.05, 4.69) is 26.1 Å². The summed E-state index contributed by atoms with van der Waals surface area (Å²) < 4.78 is 5.72. The third-order valence-corrected chi connectivity index (χ3v) is 2.44. The van der Waals surface area contributed by atoms with E-state index in [9.17, 15) is 0 Å². The Kier molecular flexibility index (Phi) is 8.02. The topological polar surface area (TPSA) is 47.3 Å². The molecule has 1 atom stereocenters. The second kappa shape index (κ2) is 8.08. The zero-order chi connectivity index (χ0) is 11.7. The summed E-state index contributed by atoms with van der Waals surface area (Å²) in [5, 5.41) is 3.18. The fraction of sp³-hybridized carbons (Fsp3) is 1.00. The number of rotatable bonds is 8. The molecule has 0 aliphatic carbocycles. The van der Waals surface area contributed by atoms with Crippen molar-refractivity contribution in [2.75, 3.05) is 26.7 Å². The van der Waals surface area contributed by atoms with Crippen LogP contribution < -0.4 is 11.1 Å². The monoisotopic (exact) mass is 216 g/mol. The predicted octanol–water partition coefficient (Wildman–Crippen LogP) is 1.77. The molecule has 0 amide bonds. The summed E-state index contributed by atoms with van der Waals surface area (Å²) in [5.74, 6) is 0.699. The second-order valence-electron chi connectivity index (χ2n) is 5.09. The van der Waals surface area contributed by atoms with Gasteiger partial charge in [0, 0.05) is 6.61 Å². The van der Waals surface area contributed by atoms with Crippen molar-refractivity contribution in [1.29, 1.82) is 0 Å². The van der Waals surface area contributed by atoms with Gasteiger partial charge in [-0.25, -0.2) is 0 Å². The van der Waals surface area contributed by atoms with Crippen molar-refractivity contribution in [2.45, 2.75) is 45.6 Å². The molecule has 0 fully saturated rings. The molecule has 1 unspecified atom stereocenters. The van der Waals surface area contributed by atoms with Crippen molar-refractivity contribution < 1.29 is 4.74 Å². The van der Waals surface area contributed by atoms with E-state index in [-0.39, 0.29) is 5.60 Å². The lowest BCUT2D eigenvalue weighted by molar-refractivity contribution is -0.00985. The van der Waals surface area contributed by atoms with Crippen LogP contribution in [0.3, 0.4) is 0 Å². The van der Waals surface area contributed by atoms with E-state index in [0.717, 1.165) is 32.5 Å². The van der Waals surface area contributed by atoms with Crippen LogP contribution in [0.5, 0.6) is 0 Å². The highest BCUT2D eigenvalue weighted by atomic mass is 16.5. The van der Waals surface area contributed by atoms with Crippen LogP contribution in [0.15, 0.2) is 0 Å². The molecule has 0 aromatic rings. The van der Waals surface area contributed by atoms with E-state index in [1.165, 1.54) is 6.42 Å². The molecule has 0 spiro atoms. The van der Waals surface area contributed by atoms with Crippen molar-refractivity contribution in [3.05, 3.63) is 0 Å². The zero-order valence-electron chi connectivity index (χ0n) is 10.8. The van der Waals surface area contributed by atoms with Crippen LogP contribution in [0.4, 0.5) is 0 Å². The highest BCUT2D eigenvalue weighted by molar-refractivity contribution is 4.64. The van der Waals surface area contributed by atoms with E-state index < -0.39 is 0 Å². The molecular formula is C12H28N2O. The Morgan fingerprint density at radius 2 is 1.87 bits per heavy atom. The highest BCUT2D eigenvalue weighted by Gasteiger charge is 2.12. The minimum Gasteiger partial charge on any atom is -0.376 e. The molecule has 0 radical (unpaired) electrons. The van der Waals surface area contributed by atoms with Crippen molar-refractivity contribution in [1.82, 2.24) is 5.32 Å². The normalized spacial score (nSPS) is 14.2. The Morgan fingerprint density at radius 1 is 1.20 bits per heavy atom. The van der Waals surface area contributed by atoms with Gasteiger partial charge in [-0.3, -0.25) is 0 Å². The summed E-state index contributed by atoms with van der Waals surface area (Å²) in [6.45, 7) is 8.98. The quantitative estimate of drug-likeness (QED) is 0.650. The first-order valence-electron chi connectivity index (χ1n) is 5.98. The molecule has 0 saturated carbocycles. The maximum absolute atomic E-state index is 5.72. The molecule has 0 heterocycles. The van der Waals surface area contributed by atoms with Crippen molar-refractivity contribution in [2.24, 2.45) is 11.7 Å². The predicted molar refractivity (Wildman–Crippen MR) is 66.0 cm³/mol. The largest absolute Gasteiger partial charge is 0.376 e. The summed E-state index contributed by atoms with van der Waals surface area (Å²) in [6, 6.07) is 0. The molecule has 0 bridgehead atoms. The zero-order valence-corrected chi connectivity index (χ0v) is 10.8.